The van der Waals surface area contributed by atoms with Crippen molar-refractivity contribution in [2.45, 2.75) is 13.1 Å². The van der Waals surface area contributed by atoms with E-state index in [0.717, 1.165) is 16.8 Å². The molecule has 0 fully saturated rings. The molecular formula is C21H15F3N4O3. The van der Waals surface area contributed by atoms with Gasteiger partial charge in [-0.15, -0.1) is 0 Å². The number of nitriles is 1. The first kappa shape index (κ1) is 21.6. The van der Waals surface area contributed by atoms with Gasteiger partial charge >= 0.3 is 6.18 Å². The molecule has 0 radical (unpaired) electrons. The van der Waals surface area contributed by atoms with Crippen molar-refractivity contribution in [1.82, 2.24) is 9.78 Å². The predicted molar refractivity (Wildman–Crippen MR) is 105 cm³/mol. The van der Waals surface area contributed by atoms with Crippen LogP contribution < -0.4 is 15.5 Å². The van der Waals surface area contributed by atoms with Crippen LogP contribution in [0.2, 0.25) is 0 Å². The number of anilines is 1. The van der Waals surface area contributed by atoms with E-state index in [4.69, 9.17) is 10.00 Å². The van der Waals surface area contributed by atoms with E-state index in [2.05, 4.69) is 10.4 Å². The van der Waals surface area contributed by atoms with Gasteiger partial charge in [-0.25, -0.2) is 4.68 Å². The van der Waals surface area contributed by atoms with Crippen molar-refractivity contribution in [3.8, 4) is 17.5 Å². The Kier molecular flexibility index (Phi) is 6.06. The molecule has 10 heteroatoms. The molecule has 3 aromatic rings. The molecule has 2 aromatic carbocycles. The van der Waals surface area contributed by atoms with Gasteiger partial charge in [0.15, 0.2) is 12.3 Å². The van der Waals surface area contributed by atoms with E-state index in [-0.39, 0.29) is 23.7 Å². The molecule has 0 bridgehead atoms. The fourth-order valence-electron chi connectivity index (χ4n) is 2.82. The average molecular weight is 428 g/mol. The maximum absolute atomic E-state index is 13.4. The minimum Gasteiger partial charge on any atom is -0.479 e. The van der Waals surface area contributed by atoms with Crippen LogP contribution >= 0.6 is 0 Å². The maximum Gasteiger partial charge on any atom is 0.418 e. The van der Waals surface area contributed by atoms with Gasteiger partial charge in [-0.2, -0.15) is 23.5 Å². The zero-order valence-electron chi connectivity index (χ0n) is 16.1. The summed E-state index contributed by atoms with van der Waals surface area (Å²) in [5, 5.41) is 14.9. The topological polar surface area (TPSA) is 97.0 Å². The number of rotatable bonds is 5. The minimum atomic E-state index is -4.65. The summed E-state index contributed by atoms with van der Waals surface area (Å²) in [7, 11) is 0. The summed E-state index contributed by atoms with van der Waals surface area (Å²) >= 11 is 0. The fourth-order valence-corrected chi connectivity index (χ4v) is 2.82. The molecule has 0 saturated heterocycles. The van der Waals surface area contributed by atoms with Crippen LogP contribution in [0.1, 0.15) is 21.7 Å². The van der Waals surface area contributed by atoms with Crippen molar-refractivity contribution < 1.29 is 22.7 Å². The zero-order valence-corrected chi connectivity index (χ0v) is 16.1. The molecule has 0 atom stereocenters. The number of nitrogens with one attached hydrogen (secondary N) is 1. The molecule has 0 aliphatic rings. The molecule has 1 heterocycles. The fraction of sp³-hybridized carbons (Fsp3) is 0.143. The number of nitrogens with zero attached hydrogens (tertiary/aromatic N) is 3. The van der Waals surface area contributed by atoms with E-state index < -0.39 is 28.8 Å². The number of ether oxygens (including phenoxy) is 1. The van der Waals surface area contributed by atoms with E-state index in [1.807, 2.05) is 6.07 Å². The second kappa shape index (κ2) is 8.71. The standard InChI is InChI=1S/C21H15F3N4O3/c1-13-11-18(29)19(20(30)26-14-5-4-6-15(12-14)31-10-9-25)27-28(13)17-8-3-2-7-16(17)21(22,23)24/h2-8,11-12H,10H2,1H3,(H,26,30). The van der Waals surface area contributed by atoms with Crippen LogP contribution in [0.15, 0.2) is 59.4 Å². The lowest BCUT2D eigenvalue weighted by Gasteiger charge is -2.16. The van der Waals surface area contributed by atoms with Crippen LogP contribution in [0.5, 0.6) is 5.75 Å². The molecule has 0 aliphatic heterocycles. The molecule has 0 aliphatic carbocycles. The SMILES string of the molecule is Cc1cc(=O)c(C(=O)Nc2cccc(OCC#N)c2)nn1-c1ccccc1C(F)(F)F. The van der Waals surface area contributed by atoms with Gasteiger partial charge in [-0.05, 0) is 31.2 Å². The lowest BCUT2D eigenvalue weighted by Crippen LogP contribution is -2.27. The van der Waals surface area contributed by atoms with Crippen molar-refractivity contribution >= 4 is 11.6 Å². The number of para-hydroxylation sites is 1. The highest BCUT2D eigenvalue weighted by Crippen LogP contribution is 2.33. The van der Waals surface area contributed by atoms with Gasteiger partial charge in [0, 0.05) is 23.5 Å². The summed E-state index contributed by atoms with van der Waals surface area (Å²) in [6.45, 7) is 1.22. The van der Waals surface area contributed by atoms with E-state index in [1.54, 1.807) is 12.1 Å². The number of halogens is 3. The molecule has 158 valence electrons. The van der Waals surface area contributed by atoms with Gasteiger partial charge in [-0.1, -0.05) is 18.2 Å². The number of amides is 1. The van der Waals surface area contributed by atoms with E-state index in [0.29, 0.717) is 5.75 Å². The lowest BCUT2D eigenvalue weighted by atomic mass is 10.1. The molecule has 1 N–H and O–H groups in total. The molecular weight excluding hydrogens is 413 g/mol. The molecule has 0 saturated carbocycles. The summed E-state index contributed by atoms with van der Waals surface area (Å²) in [6, 6.07) is 13.6. The third-order valence-electron chi connectivity index (χ3n) is 4.16. The Balaban J connectivity index is 1.99. The Morgan fingerprint density at radius 3 is 2.65 bits per heavy atom. The average Bonchev–Trinajstić information content (AvgIpc) is 2.72. The van der Waals surface area contributed by atoms with Gasteiger partial charge in [0.25, 0.3) is 5.91 Å². The molecule has 7 nitrogen and oxygen atoms in total. The second-order valence-corrected chi connectivity index (χ2v) is 6.35. The van der Waals surface area contributed by atoms with Crippen LogP contribution in [0.4, 0.5) is 18.9 Å². The molecule has 1 amide bonds. The summed E-state index contributed by atoms with van der Waals surface area (Å²) < 4.78 is 46.3. The monoisotopic (exact) mass is 428 g/mol. The summed E-state index contributed by atoms with van der Waals surface area (Å²) in [6.07, 6.45) is -4.65. The first-order valence-electron chi connectivity index (χ1n) is 8.89. The summed E-state index contributed by atoms with van der Waals surface area (Å²) in [5.74, 6) is -0.589. The molecule has 3 rings (SSSR count). The summed E-state index contributed by atoms with van der Waals surface area (Å²) in [4.78, 5) is 25.0. The Morgan fingerprint density at radius 2 is 1.94 bits per heavy atom. The number of hydrogen-bond donors (Lipinski definition) is 1. The number of aryl methyl sites for hydroxylation is 1. The van der Waals surface area contributed by atoms with Crippen molar-refractivity contribution in [2.24, 2.45) is 0 Å². The Morgan fingerprint density at radius 1 is 1.19 bits per heavy atom. The number of carbonyl (C=O) groups is 1. The quantitative estimate of drug-likeness (QED) is 0.668. The first-order valence-corrected chi connectivity index (χ1v) is 8.89. The normalized spacial score (nSPS) is 10.9. The Bertz CT molecular complexity index is 1230. The van der Waals surface area contributed by atoms with Crippen LogP contribution in [0, 0.1) is 18.3 Å². The van der Waals surface area contributed by atoms with Crippen LogP contribution in [0.3, 0.4) is 0 Å². The van der Waals surface area contributed by atoms with Crippen LogP contribution in [-0.2, 0) is 6.18 Å². The van der Waals surface area contributed by atoms with Gasteiger partial charge in [-0.3, -0.25) is 9.59 Å². The third kappa shape index (κ3) is 4.90. The number of aromatic nitrogens is 2. The molecule has 31 heavy (non-hydrogen) atoms. The van der Waals surface area contributed by atoms with E-state index in [9.17, 15) is 22.8 Å². The zero-order chi connectivity index (χ0) is 22.6. The largest absolute Gasteiger partial charge is 0.479 e. The molecule has 1 aromatic heterocycles. The minimum absolute atomic E-state index is 0.130. The number of alkyl halides is 3. The first-order chi connectivity index (χ1) is 14.7. The third-order valence-corrected chi connectivity index (χ3v) is 4.16. The van der Waals surface area contributed by atoms with Crippen molar-refractivity contribution in [3.63, 3.8) is 0 Å². The van der Waals surface area contributed by atoms with Crippen molar-refractivity contribution in [2.75, 3.05) is 11.9 Å². The Labute approximate surface area is 174 Å². The van der Waals surface area contributed by atoms with E-state index >= 15 is 0 Å². The highest BCUT2D eigenvalue weighted by atomic mass is 19.4. The molecule has 0 unspecified atom stereocenters. The highest BCUT2D eigenvalue weighted by Gasteiger charge is 2.34. The number of hydrogen-bond acceptors (Lipinski definition) is 5. The van der Waals surface area contributed by atoms with Crippen molar-refractivity contribution in [1.29, 1.82) is 5.26 Å². The summed E-state index contributed by atoms with van der Waals surface area (Å²) in [5.41, 5.74) is -2.20. The molecule has 0 spiro atoms. The van der Waals surface area contributed by atoms with Gasteiger partial charge in [0.05, 0.1) is 11.3 Å². The smallest absolute Gasteiger partial charge is 0.418 e. The lowest BCUT2D eigenvalue weighted by molar-refractivity contribution is -0.137. The van der Waals surface area contributed by atoms with Gasteiger partial charge in [0.1, 0.15) is 11.8 Å². The van der Waals surface area contributed by atoms with Crippen LogP contribution in [-0.4, -0.2) is 22.3 Å². The highest BCUT2D eigenvalue weighted by molar-refractivity contribution is 6.02. The van der Waals surface area contributed by atoms with Crippen molar-refractivity contribution in [3.05, 3.63) is 81.8 Å². The maximum atomic E-state index is 13.4. The van der Waals surface area contributed by atoms with E-state index in [1.165, 1.54) is 37.3 Å². The van der Waals surface area contributed by atoms with Gasteiger partial charge < -0.3 is 10.1 Å². The predicted octanol–water partition coefficient (Wildman–Crippen LogP) is 3.71. The Hall–Kier alpha value is -4.13. The van der Waals surface area contributed by atoms with Gasteiger partial charge in [0.2, 0.25) is 5.43 Å². The second-order valence-electron chi connectivity index (χ2n) is 6.35. The number of carbonyl (C=O) groups excluding carboxylic acids is 1. The van der Waals surface area contributed by atoms with Crippen LogP contribution in [0.25, 0.3) is 5.69 Å². The number of benzene rings is 2.